The number of halogens is 1. The van der Waals surface area contributed by atoms with Crippen molar-refractivity contribution in [3.8, 4) is 0 Å². The smallest absolute Gasteiger partial charge is 0.126 e. The molecule has 2 rings (SSSR count). The zero-order chi connectivity index (χ0) is 14.5. The number of rotatable bonds is 5. The van der Waals surface area contributed by atoms with Crippen LogP contribution in [0.3, 0.4) is 0 Å². The Labute approximate surface area is 120 Å². The van der Waals surface area contributed by atoms with E-state index < -0.39 is 0 Å². The highest BCUT2D eigenvalue weighted by molar-refractivity contribution is 5.51. The van der Waals surface area contributed by atoms with Crippen molar-refractivity contribution < 1.29 is 4.39 Å². The minimum Gasteiger partial charge on any atom is -0.381 e. The van der Waals surface area contributed by atoms with Crippen molar-refractivity contribution in [1.29, 1.82) is 0 Å². The van der Waals surface area contributed by atoms with Gasteiger partial charge in [0.2, 0.25) is 0 Å². The molecule has 0 spiro atoms. The van der Waals surface area contributed by atoms with Crippen molar-refractivity contribution in [2.75, 3.05) is 19.4 Å². The lowest BCUT2D eigenvalue weighted by molar-refractivity contribution is 0.403. The Morgan fingerprint density at radius 2 is 1.85 bits per heavy atom. The minimum atomic E-state index is -0.151. The Morgan fingerprint density at radius 1 is 1.10 bits per heavy atom. The van der Waals surface area contributed by atoms with E-state index in [2.05, 4.69) is 36.4 Å². The van der Waals surface area contributed by atoms with Crippen molar-refractivity contribution in [2.45, 2.75) is 20.0 Å². The first-order valence-corrected chi connectivity index (χ1v) is 6.78. The molecule has 0 fully saturated rings. The van der Waals surface area contributed by atoms with Crippen LogP contribution in [0, 0.1) is 12.7 Å². The molecule has 2 nitrogen and oxygen atoms in total. The first-order chi connectivity index (χ1) is 9.56. The van der Waals surface area contributed by atoms with E-state index in [1.807, 2.05) is 24.3 Å². The Hall–Kier alpha value is -1.87. The third-order valence-corrected chi connectivity index (χ3v) is 3.21. The van der Waals surface area contributed by atoms with Gasteiger partial charge in [0.05, 0.1) is 0 Å². The number of anilines is 1. The molecule has 0 saturated carbocycles. The van der Waals surface area contributed by atoms with Crippen LogP contribution < -0.4 is 5.32 Å². The molecule has 0 heterocycles. The van der Waals surface area contributed by atoms with Gasteiger partial charge in [0.25, 0.3) is 0 Å². The van der Waals surface area contributed by atoms with Gasteiger partial charge in [-0.2, -0.15) is 0 Å². The average molecular weight is 272 g/mol. The van der Waals surface area contributed by atoms with Crippen molar-refractivity contribution in [2.24, 2.45) is 0 Å². The molecule has 0 amide bonds. The van der Waals surface area contributed by atoms with Gasteiger partial charge in [-0.15, -0.1) is 0 Å². The first kappa shape index (κ1) is 14.5. The molecule has 3 heteroatoms. The first-order valence-electron chi connectivity index (χ1n) is 6.78. The maximum Gasteiger partial charge on any atom is 0.126 e. The maximum absolute atomic E-state index is 13.2. The summed E-state index contributed by atoms with van der Waals surface area (Å²) in [6, 6.07) is 13.5. The second kappa shape index (κ2) is 6.53. The highest BCUT2D eigenvalue weighted by Crippen LogP contribution is 2.18. The lowest BCUT2D eigenvalue weighted by Crippen LogP contribution is -2.12. The number of aryl methyl sites for hydroxylation is 1. The summed E-state index contributed by atoms with van der Waals surface area (Å²) in [6.07, 6.45) is 0. The predicted molar refractivity (Wildman–Crippen MR) is 82.3 cm³/mol. The third-order valence-electron chi connectivity index (χ3n) is 3.21. The topological polar surface area (TPSA) is 15.3 Å². The van der Waals surface area contributed by atoms with Gasteiger partial charge < -0.3 is 10.2 Å². The second-order valence-corrected chi connectivity index (χ2v) is 5.33. The zero-order valence-electron chi connectivity index (χ0n) is 12.3. The summed E-state index contributed by atoms with van der Waals surface area (Å²) in [5.41, 5.74) is 4.16. The molecule has 0 unspecified atom stereocenters. The van der Waals surface area contributed by atoms with E-state index >= 15 is 0 Å². The molecule has 0 bridgehead atoms. The van der Waals surface area contributed by atoms with Gasteiger partial charge in [0.1, 0.15) is 5.82 Å². The lowest BCUT2D eigenvalue weighted by Gasteiger charge is -2.15. The van der Waals surface area contributed by atoms with Gasteiger partial charge in [-0.25, -0.2) is 4.39 Å². The number of hydrogen-bond donors (Lipinski definition) is 1. The maximum atomic E-state index is 13.2. The molecule has 2 aromatic rings. The monoisotopic (exact) mass is 272 g/mol. The second-order valence-electron chi connectivity index (χ2n) is 5.33. The molecule has 0 aromatic heterocycles. The molecule has 0 atom stereocenters. The lowest BCUT2D eigenvalue weighted by atomic mass is 10.1. The normalized spacial score (nSPS) is 10.8. The van der Waals surface area contributed by atoms with E-state index in [4.69, 9.17) is 0 Å². The quantitative estimate of drug-likeness (QED) is 0.890. The SMILES string of the molecule is Cc1cc(CNc2ccccc2CN(C)C)ccc1F. The van der Waals surface area contributed by atoms with Crippen molar-refractivity contribution in [1.82, 2.24) is 4.90 Å². The van der Waals surface area contributed by atoms with Gasteiger partial charge in [-0.05, 0) is 49.8 Å². The summed E-state index contributed by atoms with van der Waals surface area (Å²) >= 11 is 0. The number of nitrogens with one attached hydrogen (secondary N) is 1. The number of para-hydroxylation sites is 1. The van der Waals surface area contributed by atoms with Crippen LogP contribution >= 0.6 is 0 Å². The van der Waals surface area contributed by atoms with Crippen molar-refractivity contribution >= 4 is 5.69 Å². The largest absolute Gasteiger partial charge is 0.381 e. The fourth-order valence-electron chi connectivity index (χ4n) is 2.19. The standard InChI is InChI=1S/C17H21FN2/c1-13-10-14(8-9-16(13)18)11-19-17-7-5-4-6-15(17)12-20(2)3/h4-10,19H,11-12H2,1-3H3. The summed E-state index contributed by atoms with van der Waals surface area (Å²) in [5, 5.41) is 3.43. The molecular formula is C17H21FN2. The van der Waals surface area contributed by atoms with E-state index in [0.29, 0.717) is 12.1 Å². The predicted octanol–water partition coefficient (Wildman–Crippen LogP) is 3.81. The van der Waals surface area contributed by atoms with Crippen LogP contribution in [0.15, 0.2) is 42.5 Å². The van der Waals surface area contributed by atoms with Crippen LogP contribution in [-0.2, 0) is 13.1 Å². The summed E-state index contributed by atoms with van der Waals surface area (Å²) in [6.45, 7) is 3.38. The number of nitrogens with zero attached hydrogens (tertiary/aromatic N) is 1. The Morgan fingerprint density at radius 3 is 2.55 bits per heavy atom. The van der Waals surface area contributed by atoms with Crippen LogP contribution in [-0.4, -0.2) is 19.0 Å². The number of hydrogen-bond acceptors (Lipinski definition) is 2. The average Bonchev–Trinajstić information content (AvgIpc) is 2.41. The van der Waals surface area contributed by atoms with Crippen LogP contribution in [0.5, 0.6) is 0 Å². The molecule has 1 N–H and O–H groups in total. The van der Waals surface area contributed by atoms with Gasteiger partial charge in [0.15, 0.2) is 0 Å². The number of benzene rings is 2. The Bertz CT molecular complexity index is 579. The van der Waals surface area contributed by atoms with Crippen LogP contribution in [0.25, 0.3) is 0 Å². The van der Waals surface area contributed by atoms with Gasteiger partial charge in [0, 0.05) is 18.8 Å². The van der Waals surface area contributed by atoms with E-state index in [-0.39, 0.29) is 5.82 Å². The van der Waals surface area contributed by atoms with E-state index in [1.165, 1.54) is 11.6 Å². The molecule has 0 aliphatic heterocycles. The van der Waals surface area contributed by atoms with Gasteiger partial charge in [-0.1, -0.05) is 30.3 Å². The zero-order valence-corrected chi connectivity index (χ0v) is 12.3. The van der Waals surface area contributed by atoms with Gasteiger partial charge in [-0.3, -0.25) is 0 Å². The van der Waals surface area contributed by atoms with Crippen LogP contribution in [0.1, 0.15) is 16.7 Å². The van der Waals surface area contributed by atoms with Gasteiger partial charge >= 0.3 is 0 Å². The van der Waals surface area contributed by atoms with E-state index in [0.717, 1.165) is 17.8 Å². The highest BCUT2D eigenvalue weighted by atomic mass is 19.1. The van der Waals surface area contributed by atoms with Crippen LogP contribution in [0.2, 0.25) is 0 Å². The van der Waals surface area contributed by atoms with Crippen molar-refractivity contribution in [3.05, 3.63) is 65.0 Å². The Kier molecular flexibility index (Phi) is 4.74. The molecule has 0 aliphatic rings. The fraction of sp³-hybridized carbons (Fsp3) is 0.294. The fourth-order valence-corrected chi connectivity index (χ4v) is 2.19. The highest BCUT2D eigenvalue weighted by Gasteiger charge is 2.04. The third kappa shape index (κ3) is 3.81. The minimum absolute atomic E-state index is 0.151. The van der Waals surface area contributed by atoms with Crippen molar-refractivity contribution in [3.63, 3.8) is 0 Å². The summed E-state index contributed by atoms with van der Waals surface area (Å²) in [4.78, 5) is 2.14. The summed E-state index contributed by atoms with van der Waals surface area (Å²) < 4.78 is 13.2. The molecule has 0 saturated heterocycles. The van der Waals surface area contributed by atoms with E-state index in [1.54, 1.807) is 6.92 Å². The Balaban J connectivity index is 2.08. The summed E-state index contributed by atoms with van der Waals surface area (Å²) in [7, 11) is 4.11. The molecule has 20 heavy (non-hydrogen) atoms. The molecule has 106 valence electrons. The molecule has 2 aromatic carbocycles. The van der Waals surface area contributed by atoms with E-state index in [9.17, 15) is 4.39 Å². The summed E-state index contributed by atoms with van der Waals surface area (Å²) in [5.74, 6) is -0.151. The van der Waals surface area contributed by atoms with Crippen LogP contribution in [0.4, 0.5) is 10.1 Å². The molecule has 0 radical (unpaired) electrons. The molecular weight excluding hydrogens is 251 g/mol. The molecule has 0 aliphatic carbocycles.